The Balaban J connectivity index is 1.58. The number of hydrogen-bond acceptors (Lipinski definition) is 29. The van der Waals surface area contributed by atoms with E-state index >= 15 is 0 Å². The van der Waals surface area contributed by atoms with Crippen LogP contribution in [0.25, 0.3) is 0 Å². The van der Waals surface area contributed by atoms with Gasteiger partial charge in [-0.15, -0.1) is 0 Å². The van der Waals surface area contributed by atoms with Crippen molar-refractivity contribution in [1.29, 1.82) is 0 Å². The third-order valence-corrected chi connectivity index (χ3v) is 15.5. The van der Waals surface area contributed by atoms with Crippen molar-refractivity contribution in [2.45, 2.75) is 246 Å². The molecule has 0 aromatic heterocycles. The predicted octanol–water partition coefficient (Wildman–Crippen LogP) is 0.0407. The zero-order valence-electron chi connectivity index (χ0n) is 59.5. The molecule has 3 fully saturated rings. The highest BCUT2D eigenvalue weighted by Crippen LogP contribution is 2.32. The molecule has 0 aliphatic carbocycles. The fraction of sp³-hybridized carbons (Fsp3) is 0.785. The standard InChI is InChI=1S/C65H105N7O28/c1-37-49(34-90-41(5)76)98-63(55(69-38(2)73)58(37)93-44(8)79)87-31-16-13-22-52(84)67-27-19-25-66-26-20-29-72(54(86)24-15-18-33-89-65-57(71-40(4)75)62(97-48(12)83)60(95-46(10)81)51(100-65)36-92-43(7)78)30-21-28-68-53(85)23-14-17-32-88-64-56(70-39(3)74)61(96-47(11)82)59(94-45(9)80)50(99-64)35-91-42(6)77/h37,49-51,55-66H,13-36H2,1-12H3,(H,67,84)(H,68,85)(H,69,73)(H,70,74)(H,71,75). The van der Waals surface area contributed by atoms with Gasteiger partial charge in [0.1, 0.15) is 62.4 Å². The molecule has 0 aromatic rings. The highest BCUT2D eigenvalue weighted by molar-refractivity contribution is 5.78. The summed E-state index contributed by atoms with van der Waals surface area (Å²) in [4.78, 5) is 174. The lowest BCUT2D eigenvalue weighted by Crippen LogP contribution is -2.66. The van der Waals surface area contributed by atoms with Crippen molar-refractivity contribution in [3.63, 3.8) is 0 Å². The first-order chi connectivity index (χ1) is 47.4. The number of carbonyl (C=O) groups is 14. The molecule has 6 N–H and O–H groups in total. The summed E-state index contributed by atoms with van der Waals surface area (Å²) in [6.07, 6.45) is -8.56. The van der Waals surface area contributed by atoms with Crippen LogP contribution in [0.2, 0.25) is 0 Å². The van der Waals surface area contributed by atoms with Gasteiger partial charge in [0.05, 0.1) is 0 Å². The van der Waals surface area contributed by atoms with Crippen LogP contribution in [0.5, 0.6) is 0 Å². The minimum Gasteiger partial charge on any atom is -0.463 e. The molecule has 0 saturated carbocycles. The maximum Gasteiger partial charge on any atom is 0.303 e. The van der Waals surface area contributed by atoms with Gasteiger partial charge in [0.25, 0.3) is 0 Å². The van der Waals surface area contributed by atoms with Crippen LogP contribution in [0.3, 0.4) is 0 Å². The first-order valence-electron chi connectivity index (χ1n) is 33.8. The third kappa shape index (κ3) is 34.1. The SMILES string of the molecule is CC(=O)NC1C(OCCCCC(=O)NCCCNCCCN(CCCNC(=O)CCCCOC2OC(COC(C)=O)C(OC(C)=O)C(OC(C)=O)C2NC(C)=O)C(=O)CCCCOC2OC(COC(C)=O)C(OC(C)=O)C(OC(C)=O)C2NC(C)=O)OC(COC(C)=O)C(C)C1OC(C)=O. The van der Waals surface area contributed by atoms with Gasteiger partial charge < -0.3 is 103 Å². The van der Waals surface area contributed by atoms with Crippen LogP contribution in [0.15, 0.2) is 0 Å². The van der Waals surface area contributed by atoms with Gasteiger partial charge in [-0.3, -0.25) is 67.1 Å². The molecule has 0 aromatic carbocycles. The summed E-state index contributed by atoms with van der Waals surface area (Å²) < 4.78 is 79.3. The van der Waals surface area contributed by atoms with Gasteiger partial charge in [0, 0.05) is 147 Å². The number of ether oxygens (including phenoxy) is 14. The number of rotatable bonds is 44. The summed E-state index contributed by atoms with van der Waals surface area (Å²) in [6, 6.07) is -3.19. The van der Waals surface area contributed by atoms with Gasteiger partial charge >= 0.3 is 47.8 Å². The van der Waals surface area contributed by atoms with Gasteiger partial charge in [0.2, 0.25) is 35.4 Å². The average Bonchev–Trinajstić information content (AvgIpc) is 0.800. The van der Waals surface area contributed by atoms with E-state index in [1.54, 1.807) is 11.8 Å². The van der Waals surface area contributed by atoms with Crippen molar-refractivity contribution in [3.8, 4) is 0 Å². The minimum absolute atomic E-state index is 0.00158. The Morgan fingerprint density at radius 2 is 0.670 bits per heavy atom. The molecule has 3 saturated heterocycles. The van der Waals surface area contributed by atoms with E-state index in [9.17, 15) is 67.1 Å². The molecule has 15 atom stereocenters. The smallest absolute Gasteiger partial charge is 0.303 e. The second-order valence-electron chi connectivity index (χ2n) is 24.3. The number of unbranched alkanes of at least 4 members (excludes halogenated alkanes) is 3. The summed E-state index contributed by atoms with van der Waals surface area (Å²) >= 11 is 0. The topological polar surface area (TPSA) is 444 Å². The molecule has 15 unspecified atom stereocenters. The fourth-order valence-corrected chi connectivity index (χ4v) is 11.1. The molecule has 3 rings (SSSR count). The molecule has 0 spiro atoms. The van der Waals surface area contributed by atoms with E-state index in [-0.39, 0.29) is 76.5 Å². The molecule has 3 aliphatic rings. The van der Waals surface area contributed by atoms with Crippen LogP contribution < -0.4 is 31.9 Å². The summed E-state index contributed by atoms with van der Waals surface area (Å²) in [5.41, 5.74) is 0. The quantitative estimate of drug-likeness (QED) is 0.0266. The Kier molecular flexibility index (Phi) is 40.4. The Morgan fingerprint density at radius 1 is 0.350 bits per heavy atom. The van der Waals surface area contributed by atoms with E-state index in [1.807, 2.05) is 0 Å². The lowest BCUT2D eigenvalue weighted by Gasteiger charge is -2.44. The van der Waals surface area contributed by atoms with E-state index in [0.717, 1.165) is 41.5 Å². The molecular weight excluding hydrogens is 1330 g/mol. The Bertz CT molecular complexity index is 2690. The first-order valence-corrected chi connectivity index (χ1v) is 33.8. The van der Waals surface area contributed by atoms with Gasteiger partial charge in [0.15, 0.2) is 43.3 Å². The molecule has 3 heterocycles. The van der Waals surface area contributed by atoms with Gasteiger partial charge in [-0.1, -0.05) is 6.92 Å². The lowest BCUT2D eigenvalue weighted by atomic mass is 9.89. The number of nitrogens with one attached hydrogen (secondary N) is 6. The van der Waals surface area contributed by atoms with Crippen LogP contribution in [0, 0.1) is 5.92 Å². The summed E-state index contributed by atoms with van der Waals surface area (Å²) in [5, 5.41) is 17.2. The second-order valence-corrected chi connectivity index (χ2v) is 24.3. The van der Waals surface area contributed by atoms with Crippen LogP contribution in [-0.4, -0.2) is 253 Å². The zero-order valence-corrected chi connectivity index (χ0v) is 59.5. The molecule has 0 bridgehead atoms. The fourth-order valence-electron chi connectivity index (χ4n) is 11.1. The van der Waals surface area contributed by atoms with E-state index in [4.69, 9.17) is 66.3 Å². The monoisotopic (exact) mass is 1430 g/mol. The second kappa shape index (κ2) is 46.7. The third-order valence-electron chi connectivity index (χ3n) is 15.5. The number of amides is 6. The Morgan fingerprint density at radius 3 is 1.05 bits per heavy atom. The van der Waals surface area contributed by atoms with Crippen LogP contribution >= 0.6 is 0 Å². The van der Waals surface area contributed by atoms with Crippen molar-refractivity contribution in [2.24, 2.45) is 5.92 Å². The molecule has 100 heavy (non-hydrogen) atoms. The van der Waals surface area contributed by atoms with Crippen molar-refractivity contribution in [1.82, 2.24) is 36.8 Å². The molecule has 0 radical (unpaired) electrons. The molecule has 35 heteroatoms. The van der Waals surface area contributed by atoms with E-state index in [0.29, 0.717) is 84.0 Å². The molecular formula is C65H105N7O28. The van der Waals surface area contributed by atoms with Gasteiger partial charge in [-0.2, -0.15) is 0 Å². The predicted molar refractivity (Wildman–Crippen MR) is 344 cm³/mol. The summed E-state index contributed by atoms with van der Waals surface area (Å²) in [7, 11) is 0. The van der Waals surface area contributed by atoms with Crippen molar-refractivity contribution in [3.05, 3.63) is 0 Å². The van der Waals surface area contributed by atoms with E-state index in [2.05, 4.69) is 31.9 Å². The largest absolute Gasteiger partial charge is 0.463 e. The van der Waals surface area contributed by atoms with Crippen LogP contribution in [0.4, 0.5) is 0 Å². The molecule has 568 valence electrons. The average molecular weight is 1430 g/mol. The minimum atomic E-state index is -1.32. The zero-order chi connectivity index (χ0) is 74.4. The first kappa shape index (κ1) is 86.5. The van der Waals surface area contributed by atoms with E-state index in [1.165, 1.54) is 34.6 Å². The summed E-state index contributed by atoms with van der Waals surface area (Å²) in [5.74, 6) is -8.07. The van der Waals surface area contributed by atoms with Crippen molar-refractivity contribution in [2.75, 3.05) is 78.9 Å². The van der Waals surface area contributed by atoms with Gasteiger partial charge in [-0.25, -0.2) is 0 Å². The normalized spacial score (nSPS) is 24.7. The Labute approximate surface area is 582 Å². The number of carbonyl (C=O) groups excluding carboxylic acids is 14. The van der Waals surface area contributed by atoms with Crippen molar-refractivity contribution >= 4 is 83.2 Å². The Hall–Kier alpha value is -7.70. The highest BCUT2D eigenvalue weighted by atomic mass is 16.7. The van der Waals surface area contributed by atoms with Crippen LogP contribution in [-0.2, 0) is 133 Å². The molecule has 35 nitrogen and oxygen atoms in total. The van der Waals surface area contributed by atoms with Gasteiger partial charge in [-0.05, 0) is 70.9 Å². The lowest BCUT2D eigenvalue weighted by molar-refractivity contribution is -0.277. The van der Waals surface area contributed by atoms with Crippen molar-refractivity contribution < 1.29 is 133 Å². The maximum atomic E-state index is 13.9. The maximum absolute atomic E-state index is 13.9. The summed E-state index contributed by atoms with van der Waals surface area (Å²) in [6.45, 7) is 16.3. The molecule has 6 amide bonds. The highest BCUT2D eigenvalue weighted by Gasteiger charge is 2.53. The number of hydrogen-bond donors (Lipinski definition) is 6. The number of nitrogens with zero attached hydrogens (tertiary/aromatic N) is 1. The van der Waals surface area contributed by atoms with Crippen LogP contribution in [0.1, 0.15) is 160 Å². The van der Waals surface area contributed by atoms with E-state index < -0.39 is 170 Å². The number of esters is 8. The molecule has 3 aliphatic heterocycles.